The van der Waals surface area contributed by atoms with Gasteiger partial charge in [-0.3, -0.25) is 4.79 Å². The number of carbonyl (C=O) groups is 1. The first-order valence-electron chi connectivity index (χ1n) is 7.98. The summed E-state index contributed by atoms with van der Waals surface area (Å²) in [7, 11) is 0. The zero-order valence-electron chi connectivity index (χ0n) is 13.5. The maximum Gasteiger partial charge on any atom is 0.316 e. The minimum atomic E-state index is -0.224. The number of thioether (sulfide) groups is 1. The lowest BCUT2D eigenvalue weighted by atomic mass is 9.75. The second-order valence-electron chi connectivity index (χ2n) is 6.51. The molecular formula is C17H25NO3S. The molecule has 0 aromatic carbocycles. The third-order valence-corrected chi connectivity index (χ3v) is 5.36. The van der Waals surface area contributed by atoms with Gasteiger partial charge in [-0.2, -0.15) is 4.73 Å². The molecule has 0 radical (unpaired) electrons. The van der Waals surface area contributed by atoms with Crippen LogP contribution in [0.5, 0.6) is 0 Å². The van der Waals surface area contributed by atoms with Crippen LogP contribution in [0.25, 0.3) is 0 Å². The number of nitrogens with zero attached hydrogens (tertiary/aromatic N) is 1. The standard InChI is InChI=1S/C17H25NO3S/c1-12(2)14-8-7-13(3)10-15(14)21-17(19)11-22-16-6-4-5-9-18(16)20/h4-6,9,12-15H,7-8,10-11H2,1-3H3/t13-,14-,15+/m0/s1. The molecule has 0 unspecified atom stereocenters. The molecule has 0 saturated heterocycles. The highest BCUT2D eigenvalue weighted by Crippen LogP contribution is 2.35. The van der Waals surface area contributed by atoms with E-state index >= 15 is 0 Å². The predicted octanol–water partition coefficient (Wildman–Crippen LogP) is 3.42. The molecule has 122 valence electrons. The van der Waals surface area contributed by atoms with Crippen molar-refractivity contribution >= 4 is 17.7 Å². The number of carbonyl (C=O) groups excluding carboxylic acids is 1. The molecule has 5 heteroatoms. The average Bonchev–Trinajstić information content (AvgIpc) is 2.46. The smallest absolute Gasteiger partial charge is 0.316 e. The number of hydrogen-bond acceptors (Lipinski definition) is 4. The molecule has 1 aromatic rings. The highest BCUT2D eigenvalue weighted by Gasteiger charge is 2.33. The van der Waals surface area contributed by atoms with Crippen LogP contribution in [0, 0.1) is 23.0 Å². The molecule has 0 spiro atoms. The molecule has 1 aliphatic rings. The summed E-state index contributed by atoms with van der Waals surface area (Å²) < 4.78 is 6.50. The van der Waals surface area contributed by atoms with E-state index in [0.717, 1.165) is 17.6 Å². The second kappa shape index (κ2) is 7.86. The molecule has 0 bridgehead atoms. The molecule has 0 N–H and O–H groups in total. The maximum atomic E-state index is 12.1. The van der Waals surface area contributed by atoms with Crippen LogP contribution >= 0.6 is 11.8 Å². The normalized spacial score (nSPS) is 25.2. The van der Waals surface area contributed by atoms with Gasteiger partial charge in [0.25, 0.3) is 5.03 Å². The minimum Gasteiger partial charge on any atom is -0.618 e. The molecule has 22 heavy (non-hydrogen) atoms. The van der Waals surface area contributed by atoms with E-state index in [1.807, 2.05) is 0 Å². The van der Waals surface area contributed by atoms with E-state index in [2.05, 4.69) is 20.8 Å². The molecular weight excluding hydrogens is 298 g/mol. The number of hydrogen-bond donors (Lipinski definition) is 0. The van der Waals surface area contributed by atoms with Crippen molar-refractivity contribution in [1.29, 1.82) is 0 Å². The van der Waals surface area contributed by atoms with Crippen LogP contribution < -0.4 is 4.73 Å². The van der Waals surface area contributed by atoms with Gasteiger partial charge in [0.05, 0.1) is 0 Å². The van der Waals surface area contributed by atoms with Gasteiger partial charge in [-0.1, -0.05) is 27.2 Å². The number of aromatic nitrogens is 1. The van der Waals surface area contributed by atoms with Gasteiger partial charge < -0.3 is 9.94 Å². The number of pyridine rings is 1. The van der Waals surface area contributed by atoms with Crippen LogP contribution in [0.3, 0.4) is 0 Å². The minimum absolute atomic E-state index is 0.0204. The van der Waals surface area contributed by atoms with Crippen LogP contribution in [-0.2, 0) is 9.53 Å². The first-order chi connectivity index (χ1) is 10.5. The molecule has 1 aromatic heterocycles. The third kappa shape index (κ3) is 4.63. The fourth-order valence-corrected chi connectivity index (χ4v) is 3.81. The number of esters is 1. The summed E-state index contributed by atoms with van der Waals surface area (Å²) in [4.78, 5) is 12.1. The fourth-order valence-electron chi connectivity index (χ4n) is 3.11. The summed E-state index contributed by atoms with van der Waals surface area (Å²) in [6.45, 7) is 6.61. The molecule has 2 rings (SSSR count). The zero-order chi connectivity index (χ0) is 16.1. The van der Waals surface area contributed by atoms with Crippen LogP contribution in [0.4, 0.5) is 0 Å². The molecule has 0 aliphatic heterocycles. The van der Waals surface area contributed by atoms with Crippen molar-refractivity contribution in [2.24, 2.45) is 17.8 Å². The lowest BCUT2D eigenvalue weighted by Gasteiger charge is -2.36. The summed E-state index contributed by atoms with van der Waals surface area (Å²) in [5, 5.41) is 12.1. The maximum absolute atomic E-state index is 12.1. The number of rotatable bonds is 5. The van der Waals surface area contributed by atoms with Crippen molar-refractivity contribution in [2.45, 2.75) is 51.2 Å². The van der Waals surface area contributed by atoms with Gasteiger partial charge in [0.2, 0.25) is 0 Å². The molecule has 1 fully saturated rings. The van der Waals surface area contributed by atoms with Crippen molar-refractivity contribution in [3.8, 4) is 0 Å². The van der Waals surface area contributed by atoms with Crippen LogP contribution in [0.15, 0.2) is 29.4 Å². The summed E-state index contributed by atoms with van der Waals surface area (Å²) in [6, 6.07) is 5.18. The Morgan fingerprint density at radius 3 is 2.91 bits per heavy atom. The molecule has 4 nitrogen and oxygen atoms in total. The van der Waals surface area contributed by atoms with Crippen molar-refractivity contribution in [2.75, 3.05) is 5.75 Å². The topological polar surface area (TPSA) is 53.2 Å². The van der Waals surface area contributed by atoms with E-state index in [-0.39, 0.29) is 17.8 Å². The van der Waals surface area contributed by atoms with Gasteiger partial charge in [-0.05, 0) is 48.4 Å². The van der Waals surface area contributed by atoms with E-state index in [4.69, 9.17) is 4.74 Å². The highest BCUT2D eigenvalue weighted by atomic mass is 32.2. The number of ether oxygens (including phenoxy) is 1. The largest absolute Gasteiger partial charge is 0.618 e. The molecule has 3 atom stereocenters. The van der Waals surface area contributed by atoms with E-state index in [1.54, 1.807) is 18.2 Å². The van der Waals surface area contributed by atoms with Crippen LogP contribution in [-0.4, -0.2) is 17.8 Å². The summed E-state index contributed by atoms with van der Waals surface area (Å²) in [5.74, 6) is 1.54. The van der Waals surface area contributed by atoms with Crippen LogP contribution in [0.1, 0.15) is 40.0 Å². The Balaban J connectivity index is 1.88. The van der Waals surface area contributed by atoms with Gasteiger partial charge >= 0.3 is 5.97 Å². The monoisotopic (exact) mass is 323 g/mol. The van der Waals surface area contributed by atoms with Gasteiger partial charge in [-0.25, -0.2) is 0 Å². The van der Waals surface area contributed by atoms with E-state index < -0.39 is 0 Å². The van der Waals surface area contributed by atoms with Gasteiger partial charge in [0.15, 0.2) is 6.20 Å². The SMILES string of the molecule is CC(C)[C@@H]1CC[C@H](C)C[C@H]1OC(=O)CSc1cccc[n+]1[O-]. The van der Waals surface area contributed by atoms with Crippen molar-refractivity contribution in [1.82, 2.24) is 0 Å². The molecule has 1 saturated carbocycles. The van der Waals surface area contributed by atoms with Gasteiger partial charge in [-0.15, -0.1) is 0 Å². The van der Waals surface area contributed by atoms with Crippen LogP contribution in [0.2, 0.25) is 0 Å². The van der Waals surface area contributed by atoms with Crippen molar-refractivity contribution in [3.63, 3.8) is 0 Å². The first-order valence-corrected chi connectivity index (χ1v) is 8.96. The Morgan fingerprint density at radius 1 is 1.45 bits per heavy atom. The van der Waals surface area contributed by atoms with E-state index in [9.17, 15) is 10.0 Å². The Hall–Kier alpha value is -1.23. The van der Waals surface area contributed by atoms with Gasteiger partial charge in [0.1, 0.15) is 11.9 Å². The third-order valence-electron chi connectivity index (χ3n) is 4.37. The lowest BCUT2D eigenvalue weighted by Crippen LogP contribution is -2.36. The molecule has 1 heterocycles. The highest BCUT2D eigenvalue weighted by molar-refractivity contribution is 7.99. The second-order valence-corrected chi connectivity index (χ2v) is 7.50. The fraction of sp³-hybridized carbons (Fsp3) is 0.647. The van der Waals surface area contributed by atoms with Crippen molar-refractivity contribution in [3.05, 3.63) is 29.6 Å². The molecule has 1 aliphatic carbocycles. The summed E-state index contributed by atoms with van der Waals surface area (Å²) in [5.41, 5.74) is 0. The summed E-state index contributed by atoms with van der Waals surface area (Å²) in [6.07, 6.45) is 4.75. The Labute approximate surface area is 136 Å². The van der Waals surface area contributed by atoms with Gasteiger partial charge in [0, 0.05) is 12.1 Å². The quantitative estimate of drug-likeness (QED) is 0.361. The van der Waals surface area contributed by atoms with Crippen molar-refractivity contribution < 1.29 is 14.3 Å². The first kappa shape index (κ1) is 17.1. The predicted molar refractivity (Wildman–Crippen MR) is 87.3 cm³/mol. The zero-order valence-corrected chi connectivity index (χ0v) is 14.3. The Kier molecular flexibility index (Phi) is 6.12. The summed E-state index contributed by atoms with van der Waals surface area (Å²) >= 11 is 1.23. The Bertz CT molecular complexity index is 506. The van der Waals surface area contributed by atoms with E-state index in [1.165, 1.54) is 24.4 Å². The Morgan fingerprint density at radius 2 is 2.23 bits per heavy atom. The van der Waals surface area contributed by atoms with E-state index in [0.29, 0.717) is 22.8 Å². The average molecular weight is 323 g/mol. The molecule has 0 amide bonds. The lowest BCUT2D eigenvalue weighted by molar-refractivity contribution is -0.645.